The van der Waals surface area contributed by atoms with Crippen LogP contribution in [0.15, 0.2) is 29.2 Å². The summed E-state index contributed by atoms with van der Waals surface area (Å²) in [5, 5.41) is 0. The molecule has 0 amide bonds. The van der Waals surface area contributed by atoms with Gasteiger partial charge in [0.1, 0.15) is 0 Å². The van der Waals surface area contributed by atoms with Gasteiger partial charge in [-0.3, -0.25) is 0 Å². The minimum absolute atomic E-state index is 0.126. The first-order valence-corrected chi connectivity index (χ1v) is 8.94. The van der Waals surface area contributed by atoms with Crippen LogP contribution in [0.3, 0.4) is 0 Å². The Morgan fingerprint density at radius 2 is 1.95 bits per heavy atom. The lowest BCUT2D eigenvalue weighted by molar-refractivity contribution is -0.0248. The molecule has 5 nitrogen and oxygen atoms in total. The smallest absolute Gasteiger partial charge is 0.240 e. The maximum absolute atomic E-state index is 12.4. The Kier molecular flexibility index (Phi) is 5.37. The van der Waals surface area contributed by atoms with Gasteiger partial charge in [-0.25, -0.2) is 13.1 Å². The number of nitrogens with two attached hydrogens (primary N) is 1. The van der Waals surface area contributed by atoms with E-state index in [1.54, 1.807) is 12.1 Å². The molecule has 3 atom stereocenters. The fourth-order valence-electron chi connectivity index (χ4n) is 2.56. The summed E-state index contributed by atoms with van der Waals surface area (Å²) < 4.78 is 32.9. The molecule has 0 heterocycles. The van der Waals surface area contributed by atoms with Gasteiger partial charge >= 0.3 is 0 Å². The Hall–Kier alpha value is -0.950. The number of aryl methyl sites for hydroxylation is 1. The van der Waals surface area contributed by atoms with E-state index in [1.807, 2.05) is 19.1 Å². The van der Waals surface area contributed by atoms with Crippen molar-refractivity contribution < 1.29 is 13.2 Å². The van der Waals surface area contributed by atoms with E-state index in [2.05, 4.69) is 11.6 Å². The Balaban J connectivity index is 2.07. The molecule has 3 N–H and O–H groups in total. The van der Waals surface area contributed by atoms with Crippen LogP contribution < -0.4 is 10.5 Å². The fraction of sp³-hybridized carbons (Fsp3) is 0.600. The van der Waals surface area contributed by atoms with Crippen molar-refractivity contribution in [1.82, 2.24) is 4.72 Å². The molecule has 0 saturated heterocycles. The van der Waals surface area contributed by atoms with Crippen LogP contribution in [0.2, 0.25) is 0 Å². The summed E-state index contributed by atoms with van der Waals surface area (Å²) in [6, 6.07) is 6.48. The van der Waals surface area contributed by atoms with Gasteiger partial charge in [0.05, 0.1) is 17.0 Å². The summed E-state index contributed by atoms with van der Waals surface area (Å²) in [5.41, 5.74) is 7.03. The molecule has 1 aliphatic rings. The second-order valence-electron chi connectivity index (χ2n) is 5.43. The lowest BCUT2D eigenvalue weighted by Crippen LogP contribution is -2.64. The highest BCUT2D eigenvalue weighted by atomic mass is 32.2. The largest absolute Gasteiger partial charge is 0.377 e. The van der Waals surface area contributed by atoms with Crippen LogP contribution in [0.1, 0.15) is 32.3 Å². The molecule has 1 saturated carbocycles. The van der Waals surface area contributed by atoms with Crippen LogP contribution in [-0.4, -0.2) is 33.2 Å². The number of hydrogen-bond donors (Lipinski definition) is 2. The van der Waals surface area contributed by atoms with Crippen LogP contribution in [0.25, 0.3) is 0 Å². The zero-order valence-corrected chi connectivity index (χ0v) is 13.4. The van der Waals surface area contributed by atoms with Crippen molar-refractivity contribution in [3.05, 3.63) is 29.8 Å². The molecule has 1 aromatic rings. The summed E-state index contributed by atoms with van der Waals surface area (Å²) in [5.74, 6) is 0. The first-order valence-electron chi connectivity index (χ1n) is 7.46. The number of rotatable bonds is 7. The Labute approximate surface area is 126 Å². The third-order valence-electron chi connectivity index (χ3n) is 3.81. The summed E-state index contributed by atoms with van der Waals surface area (Å²) in [4.78, 5) is 0.275. The third kappa shape index (κ3) is 3.83. The molecular formula is C15H24N2O3S. The maximum Gasteiger partial charge on any atom is 0.240 e. The van der Waals surface area contributed by atoms with E-state index >= 15 is 0 Å². The van der Waals surface area contributed by atoms with E-state index in [0.717, 1.165) is 18.4 Å². The first kappa shape index (κ1) is 16.4. The van der Waals surface area contributed by atoms with Crippen LogP contribution in [0, 0.1) is 0 Å². The molecule has 0 aliphatic heterocycles. The maximum atomic E-state index is 12.4. The SMILES string of the molecule is CCCc1ccc(S(=O)(=O)NC2C(N)CC2OCC)cc1. The third-order valence-corrected chi connectivity index (χ3v) is 5.29. The minimum atomic E-state index is -3.55. The summed E-state index contributed by atoms with van der Waals surface area (Å²) in [6.45, 7) is 4.54. The summed E-state index contributed by atoms with van der Waals surface area (Å²) >= 11 is 0. The topological polar surface area (TPSA) is 81.4 Å². The molecule has 0 bridgehead atoms. The quantitative estimate of drug-likeness (QED) is 0.798. The monoisotopic (exact) mass is 312 g/mol. The zero-order chi connectivity index (χ0) is 15.5. The predicted molar refractivity (Wildman–Crippen MR) is 82.6 cm³/mol. The average Bonchev–Trinajstić information content (AvgIpc) is 2.46. The van der Waals surface area contributed by atoms with Crippen molar-refractivity contribution in [2.75, 3.05) is 6.61 Å². The minimum Gasteiger partial charge on any atom is -0.377 e. The number of hydrogen-bond acceptors (Lipinski definition) is 4. The Morgan fingerprint density at radius 1 is 1.29 bits per heavy atom. The molecule has 21 heavy (non-hydrogen) atoms. The lowest BCUT2D eigenvalue weighted by Gasteiger charge is -2.42. The van der Waals surface area contributed by atoms with Gasteiger partial charge in [0, 0.05) is 12.6 Å². The number of benzene rings is 1. The predicted octanol–water partition coefficient (Wildman–Crippen LogP) is 1.42. The molecule has 0 spiro atoms. The molecule has 118 valence electrons. The van der Waals surface area contributed by atoms with Crippen LogP contribution in [0.5, 0.6) is 0 Å². The van der Waals surface area contributed by atoms with E-state index in [1.165, 1.54) is 0 Å². The Bertz CT molecular complexity index is 555. The van der Waals surface area contributed by atoms with Gasteiger partial charge < -0.3 is 10.5 Å². The highest BCUT2D eigenvalue weighted by Gasteiger charge is 2.41. The van der Waals surface area contributed by atoms with Crippen LogP contribution >= 0.6 is 0 Å². The second-order valence-corrected chi connectivity index (χ2v) is 7.15. The molecule has 3 unspecified atom stereocenters. The van der Waals surface area contributed by atoms with Crippen molar-refractivity contribution >= 4 is 10.0 Å². The molecule has 6 heteroatoms. The first-order chi connectivity index (χ1) is 9.97. The van der Waals surface area contributed by atoms with Gasteiger partial charge in [0.2, 0.25) is 10.0 Å². The van der Waals surface area contributed by atoms with E-state index < -0.39 is 10.0 Å². The van der Waals surface area contributed by atoms with Crippen molar-refractivity contribution in [3.63, 3.8) is 0 Å². The van der Waals surface area contributed by atoms with Crippen molar-refractivity contribution in [1.29, 1.82) is 0 Å². The lowest BCUT2D eigenvalue weighted by atomic mass is 9.84. The van der Waals surface area contributed by atoms with Gasteiger partial charge in [0.25, 0.3) is 0 Å². The fourth-order valence-corrected chi connectivity index (χ4v) is 3.88. The van der Waals surface area contributed by atoms with Gasteiger partial charge in [-0.15, -0.1) is 0 Å². The van der Waals surface area contributed by atoms with Crippen molar-refractivity contribution in [3.8, 4) is 0 Å². The highest BCUT2D eigenvalue weighted by molar-refractivity contribution is 7.89. The van der Waals surface area contributed by atoms with Gasteiger partial charge in [0.15, 0.2) is 0 Å². The zero-order valence-electron chi connectivity index (χ0n) is 12.6. The summed E-state index contributed by atoms with van der Waals surface area (Å²) in [7, 11) is -3.55. The summed E-state index contributed by atoms with van der Waals surface area (Å²) in [6.07, 6.45) is 2.56. The van der Waals surface area contributed by atoms with Crippen molar-refractivity contribution in [2.24, 2.45) is 5.73 Å². The molecule has 1 aliphatic carbocycles. The van der Waals surface area contributed by atoms with E-state index in [4.69, 9.17) is 10.5 Å². The molecular weight excluding hydrogens is 288 g/mol. The number of sulfonamides is 1. The molecule has 1 fully saturated rings. The van der Waals surface area contributed by atoms with Gasteiger partial charge in [-0.05, 0) is 37.5 Å². The van der Waals surface area contributed by atoms with E-state index in [-0.39, 0.29) is 23.1 Å². The van der Waals surface area contributed by atoms with Crippen molar-refractivity contribution in [2.45, 2.75) is 56.2 Å². The van der Waals surface area contributed by atoms with Gasteiger partial charge in [-0.1, -0.05) is 25.5 Å². The average molecular weight is 312 g/mol. The van der Waals surface area contributed by atoms with E-state index in [9.17, 15) is 8.42 Å². The molecule has 0 aromatic heterocycles. The van der Waals surface area contributed by atoms with Gasteiger partial charge in [-0.2, -0.15) is 0 Å². The number of nitrogens with one attached hydrogen (secondary N) is 1. The normalized spacial score (nSPS) is 25.6. The second kappa shape index (κ2) is 6.87. The Morgan fingerprint density at radius 3 is 2.48 bits per heavy atom. The number of ether oxygens (including phenoxy) is 1. The standard InChI is InChI=1S/C15H24N2O3S/c1-3-5-11-6-8-12(9-7-11)21(18,19)17-15-13(16)10-14(15)20-4-2/h6-9,13-15,17H,3-5,10,16H2,1-2H3. The van der Waals surface area contributed by atoms with Crippen LogP contribution in [0.4, 0.5) is 0 Å². The molecule has 1 aromatic carbocycles. The molecule has 0 radical (unpaired) electrons. The van der Waals surface area contributed by atoms with E-state index in [0.29, 0.717) is 13.0 Å². The van der Waals surface area contributed by atoms with Crippen LogP contribution in [-0.2, 0) is 21.2 Å². The highest BCUT2D eigenvalue weighted by Crippen LogP contribution is 2.24. The molecule has 2 rings (SSSR count).